The molecule has 76 valence electrons. The summed E-state index contributed by atoms with van der Waals surface area (Å²) in [6, 6.07) is 0. The monoisotopic (exact) mass is 296 g/mol. The zero-order valence-corrected chi connectivity index (χ0v) is 10.4. The standard InChI is InChI=1S/C10H17IO2/c1-3-10(9(12)13)6-8(11)5-4-7(10)2/h7-8H,3-6H2,1-2H3,(H,12,13). The fourth-order valence-corrected chi connectivity index (χ4v) is 3.49. The Labute approximate surface area is 93.2 Å². The van der Waals surface area contributed by atoms with E-state index in [4.69, 9.17) is 0 Å². The lowest BCUT2D eigenvalue weighted by Gasteiger charge is -2.40. The minimum Gasteiger partial charge on any atom is -0.481 e. The van der Waals surface area contributed by atoms with Gasteiger partial charge in [0.2, 0.25) is 0 Å². The third kappa shape index (κ3) is 2.00. The van der Waals surface area contributed by atoms with Gasteiger partial charge in [-0.2, -0.15) is 0 Å². The summed E-state index contributed by atoms with van der Waals surface area (Å²) < 4.78 is 0.546. The Hall–Kier alpha value is 0.200. The van der Waals surface area contributed by atoms with Gasteiger partial charge in [0.05, 0.1) is 5.41 Å². The van der Waals surface area contributed by atoms with E-state index in [9.17, 15) is 9.90 Å². The molecule has 1 aliphatic rings. The predicted octanol–water partition coefficient (Wildman–Crippen LogP) is 3.09. The number of hydrogen-bond donors (Lipinski definition) is 1. The largest absolute Gasteiger partial charge is 0.481 e. The van der Waals surface area contributed by atoms with E-state index in [1.807, 2.05) is 6.92 Å². The second kappa shape index (κ2) is 4.15. The number of carboxylic acids is 1. The van der Waals surface area contributed by atoms with Crippen LogP contribution in [0.5, 0.6) is 0 Å². The smallest absolute Gasteiger partial charge is 0.309 e. The molecule has 13 heavy (non-hydrogen) atoms. The summed E-state index contributed by atoms with van der Waals surface area (Å²) in [7, 11) is 0. The maximum atomic E-state index is 11.3. The highest BCUT2D eigenvalue weighted by atomic mass is 127. The predicted molar refractivity (Wildman–Crippen MR) is 61.2 cm³/mol. The Kier molecular flexibility index (Phi) is 3.60. The van der Waals surface area contributed by atoms with Gasteiger partial charge in [0, 0.05) is 3.92 Å². The topological polar surface area (TPSA) is 37.3 Å². The van der Waals surface area contributed by atoms with Crippen molar-refractivity contribution in [1.82, 2.24) is 0 Å². The van der Waals surface area contributed by atoms with Crippen LogP contribution in [-0.2, 0) is 4.79 Å². The van der Waals surface area contributed by atoms with Gasteiger partial charge in [-0.1, -0.05) is 36.4 Å². The van der Waals surface area contributed by atoms with E-state index in [1.165, 1.54) is 6.42 Å². The molecule has 0 aromatic heterocycles. The van der Waals surface area contributed by atoms with Crippen LogP contribution in [0, 0.1) is 11.3 Å². The molecular weight excluding hydrogens is 279 g/mol. The maximum absolute atomic E-state index is 11.3. The van der Waals surface area contributed by atoms with Gasteiger partial charge in [-0.15, -0.1) is 0 Å². The maximum Gasteiger partial charge on any atom is 0.309 e. The van der Waals surface area contributed by atoms with E-state index >= 15 is 0 Å². The summed E-state index contributed by atoms with van der Waals surface area (Å²) in [6.45, 7) is 4.08. The lowest BCUT2D eigenvalue weighted by atomic mass is 9.65. The van der Waals surface area contributed by atoms with Crippen LogP contribution >= 0.6 is 22.6 Å². The number of carboxylic acid groups (broad SMARTS) is 1. The van der Waals surface area contributed by atoms with E-state index in [-0.39, 0.29) is 0 Å². The van der Waals surface area contributed by atoms with Crippen LogP contribution in [0.15, 0.2) is 0 Å². The van der Waals surface area contributed by atoms with Crippen LogP contribution in [0.2, 0.25) is 0 Å². The lowest BCUT2D eigenvalue weighted by molar-refractivity contribution is -0.154. The Morgan fingerprint density at radius 3 is 2.62 bits per heavy atom. The van der Waals surface area contributed by atoms with Crippen molar-refractivity contribution in [2.75, 3.05) is 0 Å². The minimum atomic E-state index is -0.594. The fourth-order valence-electron chi connectivity index (χ4n) is 2.35. The molecule has 0 radical (unpaired) electrons. The molecular formula is C10H17IO2. The highest BCUT2D eigenvalue weighted by Gasteiger charge is 2.45. The van der Waals surface area contributed by atoms with Crippen molar-refractivity contribution < 1.29 is 9.90 Å². The van der Waals surface area contributed by atoms with Crippen LogP contribution in [0.4, 0.5) is 0 Å². The minimum absolute atomic E-state index is 0.334. The van der Waals surface area contributed by atoms with Gasteiger partial charge in [0.25, 0.3) is 0 Å². The quantitative estimate of drug-likeness (QED) is 0.628. The summed E-state index contributed by atoms with van der Waals surface area (Å²) >= 11 is 2.39. The first-order chi connectivity index (χ1) is 6.03. The third-order valence-corrected chi connectivity index (χ3v) is 4.56. The highest BCUT2D eigenvalue weighted by molar-refractivity contribution is 14.1. The van der Waals surface area contributed by atoms with Gasteiger partial charge in [-0.3, -0.25) is 4.79 Å². The Bertz CT molecular complexity index is 205. The molecule has 0 aromatic rings. The summed E-state index contributed by atoms with van der Waals surface area (Å²) in [4.78, 5) is 11.3. The summed E-state index contributed by atoms with van der Waals surface area (Å²) in [6.07, 6.45) is 3.86. The average molecular weight is 296 g/mol. The number of halogens is 1. The molecule has 3 unspecified atom stereocenters. The molecule has 1 rings (SSSR count). The average Bonchev–Trinajstić information content (AvgIpc) is 2.09. The van der Waals surface area contributed by atoms with E-state index in [0.717, 1.165) is 19.3 Å². The first-order valence-electron chi connectivity index (χ1n) is 4.90. The van der Waals surface area contributed by atoms with Crippen LogP contribution in [0.1, 0.15) is 39.5 Å². The highest BCUT2D eigenvalue weighted by Crippen LogP contribution is 2.46. The second-order valence-electron chi connectivity index (χ2n) is 4.09. The Morgan fingerprint density at radius 1 is 1.62 bits per heavy atom. The van der Waals surface area contributed by atoms with Crippen LogP contribution in [0.25, 0.3) is 0 Å². The number of hydrogen-bond acceptors (Lipinski definition) is 1. The molecule has 3 heteroatoms. The molecule has 0 spiro atoms. The van der Waals surface area contributed by atoms with Crippen LogP contribution in [-0.4, -0.2) is 15.0 Å². The van der Waals surface area contributed by atoms with Crippen molar-refractivity contribution in [1.29, 1.82) is 0 Å². The van der Waals surface area contributed by atoms with Crippen LogP contribution < -0.4 is 0 Å². The van der Waals surface area contributed by atoms with Crippen molar-refractivity contribution in [3.63, 3.8) is 0 Å². The van der Waals surface area contributed by atoms with E-state index in [1.54, 1.807) is 0 Å². The zero-order valence-electron chi connectivity index (χ0n) is 8.22. The Morgan fingerprint density at radius 2 is 2.23 bits per heavy atom. The van der Waals surface area contributed by atoms with E-state index in [2.05, 4.69) is 29.5 Å². The lowest BCUT2D eigenvalue weighted by Crippen LogP contribution is -2.42. The van der Waals surface area contributed by atoms with Crippen molar-refractivity contribution in [2.24, 2.45) is 11.3 Å². The van der Waals surface area contributed by atoms with Gasteiger partial charge in [-0.25, -0.2) is 0 Å². The molecule has 1 N–H and O–H groups in total. The number of carbonyl (C=O) groups is 1. The van der Waals surface area contributed by atoms with Gasteiger partial charge in [-0.05, 0) is 31.6 Å². The van der Waals surface area contributed by atoms with Gasteiger partial charge in [0.1, 0.15) is 0 Å². The fraction of sp³-hybridized carbons (Fsp3) is 0.900. The van der Waals surface area contributed by atoms with Crippen molar-refractivity contribution in [3.8, 4) is 0 Å². The number of alkyl halides is 1. The van der Waals surface area contributed by atoms with Crippen molar-refractivity contribution in [3.05, 3.63) is 0 Å². The molecule has 1 saturated carbocycles. The number of aliphatic carboxylic acids is 1. The molecule has 2 nitrogen and oxygen atoms in total. The molecule has 0 heterocycles. The molecule has 1 aliphatic carbocycles. The summed E-state index contributed by atoms with van der Waals surface area (Å²) in [5.41, 5.74) is -0.440. The molecule has 0 aliphatic heterocycles. The first-order valence-corrected chi connectivity index (χ1v) is 6.15. The molecule has 1 fully saturated rings. The van der Waals surface area contributed by atoms with E-state index in [0.29, 0.717) is 9.84 Å². The summed E-state index contributed by atoms with van der Waals surface area (Å²) in [5, 5.41) is 9.27. The van der Waals surface area contributed by atoms with Crippen LogP contribution in [0.3, 0.4) is 0 Å². The third-order valence-electron chi connectivity index (χ3n) is 3.50. The van der Waals surface area contributed by atoms with Gasteiger partial charge >= 0.3 is 5.97 Å². The van der Waals surface area contributed by atoms with E-state index < -0.39 is 11.4 Å². The van der Waals surface area contributed by atoms with Gasteiger partial charge < -0.3 is 5.11 Å². The molecule has 3 atom stereocenters. The first kappa shape index (κ1) is 11.3. The second-order valence-corrected chi connectivity index (χ2v) is 5.86. The Balaban J connectivity index is 2.86. The zero-order chi connectivity index (χ0) is 10.1. The van der Waals surface area contributed by atoms with Crippen molar-refractivity contribution in [2.45, 2.75) is 43.5 Å². The molecule has 0 bridgehead atoms. The van der Waals surface area contributed by atoms with Crippen molar-refractivity contribution >= 4 is 28.6 Å². The number of rotatable bonds is 2. The molecule has 0 amide bonds. The molecule has 0 aromatic carbocycles. The van der Waals surface area contributed by atoms with Gasteiger partial charge in [0.15, 0.2) is 0 Å². The summed E-state index contributed by atoms with van der Waals surface area (Å²) in [5.74, 6) is -0.259. The SMILES string of the molecule is CCC1(C(=O)O)CC(I)CCC1C. The molecule has 0 saturated heterocycles. The normalized spacial score (nSPS) is 40.2.